The number of pyridine rings is 1. The molecule has 2 aliphatic heterocycles. The van der Waals surface area contributed by atoms with Crippen molar-refractivity contribution < 1.29 is 14.0 Å². The van der Waals surface area contributed by atoms with Gasteiger partial charge >= 0.3 is 0 Å². The van der Waals surface area contributed by atoms with E-state index in [1.165, 1.54) is 18.2 Å². The number of hydrogen-bond donors (Lipinski definition) is 2. The fourth-order valence-corrected chi connectivity index (χ4v) is 4.96. The van der Waals surface area contributed by atoms with Crippen LogP contribution in [0.5, 0.6) is 0 Å². The molecule has 1 unspecified atom stereocenters. The van der Waals surface area contributed by atoms with Crippen molar-refractivity contribution >= 4 is 22.6 Å². The highest BCUT2D eigenvalue weighted by atomic mass is 19.1. The zero-order valence-electron chi connectivity index (χ0n) is 19.4. The lowest BCUT2D eigenvalue weighted by molar-refractivity contribution is 0.0760. The molecule has 4 heterocycles. The van der Waals surface area contributed by atoms with Gasteiger partial charge in [0, 0.05) is 35.7 Å². The van der Waals surface area contributed by atoms with Crippen LogP contribution in [-0.4, -0.2) is 63.7 Å². The van der Waals surface area contributed by atoms with E-state index in [0.29, 0.717) is 29.7 Å². The number of likely N-dealkylation sites (tertiary alicyclic amines) is 2. The van der Waals surface area contributed by atoms with Crippen LogP contribution in [0.2, 0.25) is 0 Å². The molecule has 0 aliphatic carbocycles. The number of carbonyl (C=O) groups excluding carboxylic acids is 2. The Morgan fingerprint density at radius 3 is 2.60 bits per heavy atom. The molecular weight excluding hydrogens is 447 g/mol. The number of benzene rings is 1. The van der Waals surface area contributed by atoms with Crippen molar-refractivity contribution in [2.75, 3.05) is 26.2 Å². The molecule has 2 aromatic heterocycles. The van der Waals surface area contributed by atoms with Gasteiger partial charge in [0.1, 0.15) is 11.5 Å². The minimum atomic E-state index is -0.338. The second-order valence-corrected chi connectivity index (χ2v) is 9.25. The number of nitrogens with one attached hydrogen (secondary N) is 2. The minimum Gasteiger partial charge on any atom is -0.349 e. The molecule has 1 aromatic carbocycles. The number of H-pyrrole nitrogens is 2. The summed E-state index contributed by atoms with van der Waals surface area (Å²) in [6.07, 6.45) is 4.84. The number of rotatable bonds is 4. The Balaban J connectivity index is 1.16. The van der Waals surface area contributed by atoms with Crippen molar-refractivity contribution in [2.45, 2.75) is 31.7 Å². The third-order valence-electron chi connectivity index (χ3n) is 6.93. The molecule has 0 bridgehead atoms. The van der Waals surface area contributed by atoms with Crippen LogP contribution in [-0.2, 0) is 0 Å². The van der Waals surface area contributed by atoms with Gasteiger partial charge in [0.15, 0.2) is 5.78 Å². The summed E-state index contributed by atoms with van der Waals surface area (Å²) in [7, 11) is 0. The van der Waals surface area contributed by atoms with Gasteiger partial charge in [-0.05, 0) is 69.1 Å². The van der Waals surface area contributed by atoms with Crippen molar-refractivity contribution in [1.82, 2.24) is 19.8 Å². The molecule has 2 N–H and O–H groups in total. The number of ketones is 1. The van der Waals surface area contributed by atoms with E-state index in [1.807, 2.05) is 0 Å². The average molecular weight is 475 g/mol. The topological polar surface area (TPSA) is 89.3 Å². The van der Waals surface area contributed by atoms with Gasteiger partial charge in [0.2, 0.25) is 5.56 Å². The molecule has 0 spiro atoms. The van der Waals surface area contributed by atoms with E-state index in [9.17, 15) is 18.8 Å². The van der Waals surface area contributed by atoms with E-state index in [4.69, 9.17) is 0 Å². The molecule has 2 aliphatic rings. The quantitative estimate of drug-likeness (QED) is 0.449. The maximum Gasteiger partial charge on any atom is 0.271 e. The van der Waals surface area contributed by atoms with Crippen LogP contribution in [0, 0.1) is 23.6 Å². The Labute approximate surface area is 202 Å². The summed E-state index contributed by atoms with van der Waals surface area (Å²) in [4.78, 5) is 47.0. The van der Waals surface area contributed by atoms with Crippen LogP contribution in [0.3, 0.4) is 0 Å². The van der Waals surface area contributed by atoms with Gasteiger partial charge in [-0.25, -0.2) is 4.39 Å². The lowest BCUT2D eigenvalue weighted by Gasteiger charge is -2.29. The first-order valence-corrected chi connectivity index (χ1v) is 12.0. The van der Waals surface area contributed by atoms with Gasteiger partial charge in [-0.2, -0.15) is 0 Å². The smallest absolute Gasteiger partial charge is 0.271 e. The third-order valence-corrected chi connectivity index (χ3v) is 6.93. The molecule has 2 fully saturated rings. The van der Waals surface area contributed by atoms with Gasteiger partial charge in [0.05, 0.1) is 18.1 Å². The van der Waals surface area contributed by atoms with Crippen LogP contribution in [0.4, 0.5) is 4.39 Å². The van der Waals surface area contributed by atoms with E-state index in [-0.39, 0.29) is 35.0 Å². The Kier molecular flexibility index (Phi) is 6.51. The minimum absolute atomic E-state index is 0.0424. The first-order chi connectivity index (χ1) is 17.0. The summed E-state index contributed by atoms with van der Waals surface area (Å²) in [5.41, 5.74) is 1.54. The molecule has 0 saturated carbocycles. The molecule has 0 radical (unpaired) electrons. The molecule has 1 atom stereocenters. The van der Waals surface area contributed by atoms with Gasteiger partial charge in [0.25, 0.3) is 5.91 Å². The molecule has 2 saturated heterocycles. The SMILES string of the molecule is O=C(c1ccc(F)cc1)C1CCN(CC#CC2CCCN2C(=O)c2cc3cc(=O)[nH]cc3[nH]2)CC1. The first kappa shape index (κ1) is 23.1. The van der Waals surface area contributed by atoms with E-state index in [1.54, 1.807) is 29.3 Å². The highest BCUT2D eigenvalue weighted by Crippen LogP contribution is 2.23. The lowest BCUT2D eigenvalue weighted by atomic mass is 9.89. The van der Waals surface area contributed by atoms with E-state index >= 15 is 0 Å². The monoisotopic (exact) mass is 474 g/mol. The number of carbonyl (C=O) groups is 2. The summed E-state index contributed by atoms with van der Waals surface area (Å²) in [5, 5.41) is 0.709. The second-order valence-electron chi connectivity index (χ2n) is 9.25. The van der Waals surface area contributed by atoms with Crippen molar-refractivity contribution in [3.8, 4) is 11.8 Å². The van der Waals surface area contributed by atoms with Crippen LogP contribution in [0.25, 0.3) is 10.9 Å². The van der Waals surface area contributed by atoms with Crippen molar-refractivity contribution in [3.05, 3.63) is 70.0 Å². The zero-order chi connectivity index (χ0) is 24.4. The van der Waals surface area contributed by atoms with Crippen molar-refractivity contribution in [1.29, 1.82) is 0 Å². The maximum absolute atomic E-state index is 13.1. The Morgan fingerprint density at radius 1 is 1.06 bits per heavy atom. The van der Waals surface area contributed by atoms with Crippen LogP contribution < -0.4 is 5.56 Å². The van der Waals surface area contributed by atoms with Gasteiger partial charge in [-0.3, -0.25) is 19.3 Å². The molecule has 35 heavy (non-hydrogen) atoms. The highest BCUT2D eigenvalue weighted by Gasteiger charge is 2.29. The number of amides is 1. The molecular formula is C27H27FN4O3. The largest absolute Gasteiger partial charge is 0.349 e. The maximum atomic E-state index is 13.1. The molecule has 7 nitrogen and oxygen atoms in total. The number of nitrogens with zero attached hydrogens (tertiary/aromatic N) is 2. The first-order valence-electron chi connectivity index (χ1n) is 12.0. The molecule has 8 heteroatoms. The number of halogens is 1. The summed E-state index contributed by atoms with van der Waals surface area (Å²) in [6, 6.07) is 8.82. The van der Waals surface area contributed by atoms with Crippen molar-refractivity contribution in [3.63, 3.8) is 0 Å². The summed E-state index contributed by atoms with van der Waals surface area (Å²) >= 11 is 0. The summed E-state index contributed by atoms with van der Waals surface area (Å²) in [6.45, 7) is 2.83. The molecule has 180 valence electrons. The lowest BCUT2D eigenvalue weighted by Crippen LogP contribution is -2.37. The predicted molar refractivity (Wildman–Crippen MR) is 131 cm³/mol. The number of aromatic nitrogens is 2. The van der Waals surface area contributed by atoms with Crippen LogP contribution in [0.15, 0.2) is 47.4 Å². The van der Waals surface area contributed by atoms with Crippen LogP contribution in [0.1, 0.15) is 46.5 Å². The van der Waals surface area contributed by atoms with Crippen LogP contribution >= 0.6 is 0 Å². The average Bonchev–Trinajstić information content (AvgIpc) is 3.51. The number of aromatic amines is 2. The Hall–Kier alpha value is -3.70. The van der Waals surface area contributed by atoms with Gasteiger partial charge in [-0.15, -0.1) is 0 Å². The standard InChI is InChI=1S/C27H27FN4O3/c28-21-7-5-18(6-8-21)26(34)19-9-13-31(14-10-19)11-1-3-22-4-2-12-32(22)27(35)23-15-20-16-25(33)29-17-24(20)30-23/h5-8,15-17,19,22,30H,2,4,9-14H2,(H,29,33). The fourth-order valence-electron chi connectivity index (χ4n) is 4.96. The van der Waals surface area contributed by atoms with Gasteiger partial charge < -0.3 is 14.9 Å². The highest BCUT2D eigenvalue weighted by molar-refractivity contribution is 5.98. The predicted octanol–water partition coefficient (Wildman–Crippen LogP) is 3.20. The molecule has 3 aromatic rings. The van der Waals surface area contributed by atoms with E-state index in [2.05, 4.69) is 26.7 Å². The second kappa shape index (κ2) is 9.88. The number of Topliss-reactive ketones (excluding diaryl/α,β-unsaturated/α-hetero) is 1. The summed E-state index contributed by atoms with van der Waals surface area (Å²) < 4.78 is 13.1. The summed E-state index contributed by atoms with van der Waals surface area (Å²) in [5.74, 6) is 6.12. The van der Waals surface area contributed by atoms with E-state index in [0.717, 1.165) is 44.3 Å². The zero-order valence-corrected chi connectivity index (χ0v) is 19.4. The number of fused-ring (bicyclic) bond motifs is 1. The fraction of sp³-hybridized carbons (Fsp3) is 0.370. The molecule has 1 amide bonds. The van der Waals surface area contributed by atoms with Crippen molar-refractivity contribution in [2.24, 2.45) is 5.92 Å². The normalized spacial score (nSPS) is 19.0. The third kappa shape index (κ3) is 5.05. The van der Waals surface area contributed by atoms with Gasteiger partial charge in [-0.1, -0.05) is 11.8 Å². The number of hydrogen-bond acceptors (Lipinski definition) is 4. The molecule has 5 rings (SSSR count). The Bertz CT molecular complexity index is 1360. The Morgan fingerprint density at radius 2 is 1.83 bits per heavy atom. The van der Waals surface area contributed by atoms with E-state index < -0.39 is 0 Å². The number of piperidine rings is 1.